The van der Waals surface area contributed by atoms with E-state index in [1.807, 2.05) is 12.3 Å². The predicted octanol–water partition coefficient (Wildman–Crippen LogP) is 3.95. The zero-order valence-corrected chi connectivity index (χ0v) is 13.1. The highest BCUT2D eigenvalue weighted by Crippen LogP contribution is 2.31. The minimum Gasteiger partial charge on any atom is -0.397 e. The second-order valence-corrected chi connectivity index (χ2v) is 6.37. The van der Waals surface area contributed by atoms with E-state index in [-0.39, 0.29) is 0 Å². The van der Waals surface area contributed by atoms with Crippen LogP contribution in [0.3, 0.4) is 0 Å². The van der Waals surface area contributed by atoms with E-state index in [0.717, 1.165) is 28.6 Å². The van der Waals surface area contributed by atoms with Gasteiger partial charge in [0.05, 0.1) is 11.4 Å². The molecule has 0 aliphatic heterocycles. The van der Waals surface area contributed by atoms with E-state index in [1.54, 1.807) is 17.5 Å². The van der Waals surface area contributed by atoms with Crippen molar-refractivity contribution in [1.29, 1.82) is 0 Å². The molecule has 108 valence electrons. The standard InChI is InChI=1S/C17H19N3S/c1-12(10-14-4-3-9-21-14)20(2)16-6-5-13-11-19-8-7-15(13)17(16)18/h3-9,11-12H,10,18H2,1-2H3. The van der Waals surface area contributed by atoms with Gasteiger partial charge in [0.15, 0.2) is 0 Å². The van der Waals surface area contributed by atoms with Gasteiger partial charge in [-0.2, -0.15) is 0 Å². The van der Waals surface area contributed by atoms with Gasteiger partial charge in [-0.1, -0.05) is 12.1 Å². The highest BCUT2D eigenvalue weighted by molar-refractivity contribution is 7.09. The van der Waals surface area contributed by atoms with E-state index in [2.05, 4.69) is 53.5 Å². The Morgan fingerprint density at radius 1 is 1.29 bits per heavy atom. The third-order valence-corrected chi connectivity index (χ3v) is 4.86. The van der Waals surface area contributed by atoms with E-state index < -0.39 is 0 Å². The number of anilines is 2. The number of nitrogen functional groups attached to an aromatic ring is 1. The summed E-state index contributed by atoms with van der Waals surface area (Å²) in [5, 5.41) is 4.27. The number of hydrogen-bond acceptors (Lipinski definition) is 4. The molecule has 4 heteroatoms. The van der Waals surface area contributed by atoms with Crippen molar-refractivity contribution in [2.45, 2.75) is 19.4 Å². The van der Waals surface area contributed by atoms with Crippen LogP contribution in [0.2, 0.25) is 0 Å². The molecule has 1 atom stereocenters. The van der Waals surface area contributed by atoms with Crippen LogP contribution in [0, 0.1) is 0 Å². The minimum absolute atomic E-state index is 0.394. The van der Waals surface area contributed by atoms with Gasteiger partial charge in [0.25, 0.3) is 0 Å². The van der Waals surface area contributed by atoms with Crippen LogP contribution in [0.15, 0.2) is 48.1 Å². The van der Waals surface area contributed by atoms with Crippen molar-refractivity contribution >= 4 is 33.5 Å². The average molecular weight is 297 g/mol. The first-order valence-electron chi connectivity index (χ1n) is 7.04. The minimum atomic E-state index is 0.394. The molecule has 0 aliphatic rings. The highest BCUT2D eigenvalue weighted by Gasteiger charge is 2.15. The molecule has 2 aromatic heterocycles. The summed E-state index contributed by atoms with van der Waals surface area (Å²) >= 11 is 1.80. The lowest BCUT2D eigenvalue weighted by atomic mass is 10.1. The Morgan fingerprint density at radius 3 is 2.90 bits per heavy atom. The molecule has 1 aromatic carbocycles. The third kappa shape index (κ3) is 2.72. The fraction of sp³-hybridized carbons (Fsp3) is 0.235. The zero-order valence-electron chi connectivity index (χ0n) is 12.3. The lowest BCUT2D eigenvalue weighted by molar-refractivity contribution is 0.689. The smallest absolute Gasteiger partial charge is 0.0632 e. The number of rotatable bonds is 4. The molecule has 1 unspecified atom stereocenters. The number of hydrogen-bond donors (Lipinski definition) is 1. The summed E-state index contributed by atoms with van der Waals surface area (Å²) in [6.45, 7) is 2.23. The number of pyridine rings is 1. The molecule has 3 aromatic rings. The number of likely N-dealkylation sites (N-methyl/N-ethyl adjacent to an activating group) is 1. The summed E-state index contributed by atoms with van der Waals surface area (Å²) in [6, 6.07) is 10.8. The van der Waals surface area contributed by atoms with Gasteiger partial charge in [-0.15, -0.1) is 11.3 Å². The first-order chi connectivity index (χ1) is 10.2. The molecule has 21 heavy (non-hydrogen) atoms. The second kappa shape index (κ2) is 5.74. The first-order valence-corrected chi connectivity index (χ1v) is 7.92. The lowest BCUT2D eigenvalue weighted by Crippen LogP contribution is -2.31. The van der Waals surface area contributed by atoms with E-state index in [1.165, 1.54) is 4.88 Å². The van der Waals surface area contributed by atoms with Crippen molar-refractivity contribution in [2.75, 3.05) is 17.7 Å². The molecule has 0 spiro atoms. The van der Waals surface area contributed by atoms with Crippen LogP contribution in [0.1, 0.15) is 11.8 Å². The second-order valence-electron chi connectivity index (χ2n) is 5.34. The van der Waals surface area contributed by atoms with Crippen LogP contribution in [0.4, 0.5) is 11.4 Å². The molecule has 0 amide bonds. The molecule has 0 radical (unpaired) electrons. The maximum Gasteiger partial charge on any atom is 0.0632 e. The number of fused-ring (bicyclic) bond motifs is 1. The Hall–Kier alpha value is -2.07. The molecular formula is C17H19N3S. The van der Waals surface area contributed by atoms with Crippen molar-refractivity contribution in [1.82, 2.24) is 4.98 Å². The zero-order chi connectivity index (χ0) is 14.8. The summed E-state index contributed by atoms with van der Waals surface area (Å²) in [7, 11) is 2.11. The number of thiophene rings is 1. The largest absolute Gasteiger partial charge is 0.397 e. The number of benzene rings is 1. The molecule has 0 bridgehead atoms. The Bertz CT molecular complexity index is 737. The Kier molecular flexibility index (Phi) is 3.80. The van der Waals surface area contributed by atoms with Gasteiger partial charge >= 0.3 is 0 Å². The normalized spacial score (nSPS) is 12.5. The van der Waals surface area contributed by atoms with Crippen LogP contribution in [-0.4, -0.2) is 18.1 Å². The summed E-state index contributed by atoms with van der Waals surface area (Å²) < 4.78 is 0. The average Bonchev–Trinajstić information content (AvgIpc) is 3.00. The van der Waals surface area contributed by atoms with E-state index in [9.17, 15) is 0 Å². The number of nitrogens with two attached hydrogens (primary N) is 1. The molecule has 2 N–H and O–H groups in total. The topological polar surface area (TPSA) is 42.2 Å². The predicted molar refractivity (Wildman–Crippen MR) is 92.0 cm³/mol. The van der Waals surface area contributed by atoms with E-state index in [0.29, 0.717) is 6.04 Å². The van der Waals surface area contributed by atoms with Crippen molar-refractivity contribution in [3.05, 3.63) is 53.0 Å². The molecule has 3 nitrogen and oxygen atoms in total. The first kappa shape index (κ1) is 13.9. The van der Waals surface area contributed by atoms with Crippen molar-refractivity contribution < 1.29 is 0 Å². The summed E-state index contributed by atoms with van der Waals surface area (Å²) in [5.41, 5.74) is 8.27. The van der Waals surface area contributed by atoms with Gasteiger partial charge in [0.2, 0.25) is 0 Å². The quantitative estimate of drug-likeness (QED) is 0.742. The third-order valence-electron chi connectivity index (χ3n) is 3.96. The Morgan fingerprint density at radius 2 is 2.14 bits per heavy atom. The fourth-order valence-electron chi connectivity index (χ4n) is 2.58. The van der Waals surface area contributed by atoms with Crippen LogP contribution in [0.25, 0.3) is 10.8 Å². The van der Waals surface area contributed by atoms with Crippen molar-refractivity contribution in [2.24, 2.45) is 0 Å². The SMILES string of the molecule is CC(Cc1cccs1)N(C)c1ccc2cnccc2c1N. The maximum absolute atomic E-state index is 6.36. The van der Waals surface area contributed by atoms with Crippen LogP contribution >= 0.6 is 11.3 Å². The monoisotopic (exact) mass is 297 g/mol. The van der Waals surface area contributed by atoms with Crippen LogP contribution in [-0.2, 0) is 6.42 Å². The summed E-state index contributed by atoms with van der Waals surface area (Å²) in [5.74, 6) is 0. The van der Waals surface area contributed by atoms with Crippen LogP contribution < -0.4 is 10.6 Å². The summed E-state index contributed by atoms with van der Waals surface area (Å²) in [6.07, 6.45) is 4.67. The van der Waals surface area contributed by atoms with Gasteiger partial charge in [0.1, 0.15) is 0 Å². The van der Waals surface area contributed by atoms with Gasteiger partial charge < -0.3 is 10.6 Å². The molecule has 0 fully saturated rings. The fourth-order valence-corrected chi connectivity index (χ4v) is 3.41. The maximum atomic E-state index is 6.36. The summed E-state index contributed by atoms with van der Waals surface area (Å²) in [4.78, 5) is 7.81. The molecule has 3 rings (SSSR count). The highest BCUT2D eigenvalue weighted by atomic mass is 32.1. The Labute approximate surface area is 129 Å². The van der Waals surface area contributed by atoms with Gasteiger partial charge in [0, 0.05) is 47.6 Å². The molecule has 0 saturated heterocycles. The Balaban J connectivity index is 1.90. The van der Waals surface area contributed by atoms with E-state index in [4.69, 9.17) is 5.73 Å². The molecular weight excluding hydrogens is 278 g/mol. The molecule has 2 heterocycles. The molecule has 0 aliphatic carbocycles. The van der Waals surface area contributed by atoms with E-state index >= 15 is 0 Å². The van der Waals surface area contributed by atoms with Crippen molar-refractivity contribution in [3.8, 4) is 0 Å². The lowest BCUT2D eigenvalue weighted by Gasteiger charge is -2.28. The van der Waals surface area contributed by atoms with Gasteiger partial charge in [-0.3, -0.25) is 4.98 Å². The van der Waals surface area contributed by atoms with Gasteiger partial charge in [-0.25, -0.2) is 0 Å². The van der Waals surface area contributed by atoms with Crippen LogP contribution in [0.5, 0.6) is 0 Å². The number of aromatic nitrogens is 1. The van der Waals surface area contributed by atoms with Crippen molar-refractivity contribution in [3.63, 3.8) is 0 Å². The number of nitrogens with zero attached hydrogens (tertiary/aromatic N) is 2. The van der Waals surface area contributed by atoms with Gasteiger partial charge in [-0.05, 0) is 30.5 Å². The molecule has 0 saturated carbocycles.